The molecule has 0 spiro atoms. The number of aromatic nitrogens is 2. The van der Waals surface area contributed by atoms with Crippen molar-refractivity contribution in [3.8, 4) is 11.5 Å². The summed E-state index contributed by atoms with van der Waals surface area (Å²) in [5.74, 6) is 0.181. The first-order chi connectivity index (χ1) is 24.3. The Morgan fingerprint density at radius 1 is 1.10 bits per heavy atom. The monoisotopic (exact) mass is 719 g/mol. The van der Waals surface area contributed by atoms with Crippen LogP contribution in [0.1, 0.15) is 80.2 Å². The number of carbonyl (C=O) groups is 2. The van der Waals surface area contributed by atoms with E-state index < -0.39 is 29.2 Å². The number of benzene rings is 3. The molecule has 3 aliphatic heterocycles. The molecule has 0 bridgehead atoms. The zero-order valence-corrected chi connectivity index (χ0v) is 30.3. The van der Waals surface area contributed by atoms with Crippen LogP contribution in [-0.2, 0) is 28.4 Å². The topological polar surface area (TPSA) is 107 Å². The van der Waals surface area contributed by atoms with Crippen molar-refractivity contribution in [1.82, 2.24) is 24.9 Å². The van der Waals surface area contributed by atoms with Crippen LogP contribution in [0.25, 0.3) is 11.0 Å². The van der Waals surface area contributed by atoms with E-state index in [9.17, 15) is 14.0 Å². The number of nitrogens with zero attached hydrogens (tertiary/aromatic N) is 4. The van der Waals surface area contributed by atoms with Crippen molar-refractivity contribution in [2.45, 2.75) is 83.5 Å². The van der Waals surface area contributed by atoms with Gasteiger partial charge in [-0.1, -0.05) is 23.7 Å². The number of fused-ring (bicyclic) bond motifs is 2. The number of para-hydroxylation sites is 1. The third-order valence-corrected chi connectivity index (χ3v) is 9.86. The van der Waals surface area contributed by atoms with Gasteiger partial charge in [-0.25, -0.2) is 19.2 Å². The molecule has 11 nitrogen and oxygen atoms in total. The van der Waals surface area contributed by atoms with Crippen LogP contribution in [-0.4, -0.2) is 69.9 Å². The number of hydrazine groups is 1. The molecule has 2 amide bonds. The summed E-state index contributed by atoms with van der Waals surface area (Å²) in [7, 11) is 1.45. The predicted octanol–water partition coefficient (Wildman–Crippen LogP) is 7.15. The second-order valence-electron chi connectivity index (χ2n) is 14.6. The highest BCUT2D eigenvalue weighted by Gasteiger charge is 2.43. The van der Waals surface area contributed by atoms with Crippen LogP contribution in [0.4, 0.5) is 9.18 Å². The van der Waals surface area contributed by atoms with Crippen molar-refractivity contribution in [2.75, 3.05) is 26.7 Å². The van der Waals surface area contributed by atoms with Gasteiger partial charge in [-0.2, -0.15) is 0 Å². The maximum atomic E-state index is 14.9. The van der Waals surface area contributed by atoms with Crippen LogP contribution in [0.15, 0.2) is 54.6 Å². The predicted molar refractivity (Wildman–Crippen MR) is 189 cm³/mol. The van der Waals surface area contributed by atoms with Gasteiger partial charge < -0.3 is 23.5 Å². The lowest BCUT2D eigenvalue weighted by molar-refractivity contribution is -0.0712. The molecule has 51 heavy (non-hydrogen) atoms. The molecule has 1 aromatic heterocycles. The minimum atomic E-state index is -1.30. The quantitative estimate of drug-likeness (QED) is 0.201. The van der Waals surface area contributed by atoms with Crippen molar-refractivity contribution >= 4 is 34.6 Å². The van der Waals surface area contributed by atoms with Gasteiger partial charge in [-0.3, -0.25) is 15.1 Å². The summed E-state index contributed by atoms with van der Waals surface area (Å²) in [6.45, 7) is 10.8. The van der Waals surface area contributed by atoms with Crippen LogP contribution in [0.3, 0.4) is 0 Å². The van der Waals surface area contributed by atoms with Crippen molar-refractivity contribution in [3.63, 3.8) is 0 Å². The van der Waals surface area contributed by atoms with E-state index in [1.165, 1.54) is 13.1 Å². The van der Waals surface area contributed by atoms with Crippen LogP contribution in [0.2, 0.25) is 5.02 Å². The number of halogens is 2. The van der Waals surface area contributed by atoms with Crippen LogP contribution < -0.4 is 14.9 Å². The minimum absolute atomic E-state index is 0.117. The molecule has 0 saturated carbocycles. The van der Waals surface area contributed by atoms with Crippen molar-refractivity contribution in [2.24, 2.45) is 0 Å². The lowest BCUT2D eigenvalue weighted by Gasteiger charge is -2.33. The molecule has 2 fully saturated rings. The number of rotatable bonds is 7. The number of carbonyl (C=O) groups excluding carboxylic acids is 2. The number of amides is 2. The summed E-state index contributed by atoms with van der Waals surface area (Å²) in [5, 5.41) is 1.35. The molecule has 4 aromatic rings. The number of hydrogen-bond acceptors (Lipinski definition) is 8. The van der Waals surface area contributed by atoms with E-state index in [0.717, 1.165) is 60.9 Å². The van der Waals surface area contributed by atoms with Gasteiger partial charge in [0, 0.05) is 36.7 Å². The molecular weight excluding hydrogens is 677 g/mol. The van der Waals surface area contributed by atoms with E-state index in [4.69, 9.17) is 35.5 Å². The van der Waals surface area contributed by atoms with Gasteiger partial charge in [-0.05, 0) is 102 Å². The van der Waals surface area contributed by atoms with Gasteiger partial charge in [0.2, 0.25) is 0 Å². The van der Waals surface area contributed by atoms with Gasteiger partial charge in [0.25, 0.3) is 11.7 Å². The van der Waals surface area contributed by atoms with E-state index in [1.54, 1.807) is 52.0 Å². The fraction of sp³-hybridized carbons (Fsp3) is 0.447. The molecule has 13 heteroatoms. The molecule has 270 valence electrons. The van der Waals surface area contributed by atoms with E-state index >= 15 is 0 Å². The molecule has 7 rings (SSSR count). The highest BCUT2D eigenvalue weighted by molar-refractivity contribution is 6.30. The van der Waals surface area contributed by atoms with E-state index in [1.807, 2.05) is 18.2 Å². The van der Waals surface area contributed by atoms with Gasteiger partial charge in [0.05, 0.1) is 35.8 Å². The fourth-order valence-corrected chi connectivity index (χ4v) is 7.07. The average Bonchev–Trinajstić information content (AvgIpc) is 3.58. The van der Waals surface area contributed by atoms with E-state index in [0.29, 0.717) is 46.3 Å². The molecule has 3 aromatic carbocycles. The Labute approximate surface area is 301 Å². The van der Waals surface area contributed by atoms with Gasteiger partial charge in [-0.15, -0.1) is 0 Å². The first-order valence-electron chi connectivity index (χ1n) is 17.3. The fourth-order valence-electron chi connectivity index (χ4n) is 6.91. The molecule has 1 N–H and O–H groups in total. The summed E-state index contributed by atoms with van der Waals surface area (Å²) >= 11 is 6.00. The summed E-state index contributed by atoms with van der Waals surface area (Å²) in [6, 6.07) is 15.8. The Morgan fingerprint density at radius 3 is 2.55 bits per heavy atom. The first-order valence-corrected chi connectivity index (χ1v) is 17.7. The van der Waals surface area contributed by atoms with Crippen LogP contribution >= 0.6 is 11.6 Å². The summed E-state index contributed by atoms with van der Waals surface area (Å²) < 4.78 is 40.8. The number of nitrogens with one attached hydrogen (secondary N) is 1. The third kappa shape index (κ3) is 7.35. The zero-order valence-electron chi connectivity index (χ0n) is 29.5. The summed E-state index contributed by atoms with van der Waals surface area (Å²) in [4.78, 5) is 32.9. The largest absolute Gasteiger partial charge is 0.444 e. The normalized spacial score (nSPS) is 20.6. The van der Waals surface area contributed by atoms with Gasteiger partial charge in [0.1, 0.15) is 17.2 Å². The number of ether oxygens (including phenoxy) is 4. The average molecular weight is 720 g/mol. The molecule has 4 heterocycles. The zero-order chi connectivity index (χ0) is 36.1. The first kappa shape index (κ1) is 35.0. The second-order valence-corrected chi connectivity index (χ2v) is 15.0. The Kier molecular flexibility index (Phi) is 9.36. The molecule has 0 radical (unpaired) electrons. The van der Waals surface area contributed by atoms with Crippen molar-refractivity contribution in [1.29, 1.82) is 0 Å². The van der Waals surface area contributed by atoms with E-state index in [2.05, 4.69) is 21.0 Å². The standard InChI is InChI=1S/C38H43ClFN5O6/c1-37(2,3)51-36(47)43(5)42-35(46)24-9-12-31-30(19-24)41-33(45(31)21-26-15-18-48-26)22-44-16-13-23(14-17-44)27-7-6-8-32-34(27)50-38(4,49-32)28-11-10-25(39)20-29(28)40/h6-12,19-20,23,26H,13-18,21-22H2,1-5H3,(H,42,46)/t26-,38?/m0/s1. The molecule has 1 unspecified atom stereocenters. The maximum Gasteiger partial charge on any atom is 0.428 e. The minimum Gasteiger partial charge on any atom is -0.444 e. The van der Waals surface area contributed by atoms with Gasteiger partial charge >= 0.3 is 6.09 Å². The molecule has 2 atom stereocenters. The Bertz CT molecular complexity index is 1970. The van der Waals surface area contributed by atoms with Crippen LogP contribution in [0.5, 0.6) is 11.5 Å². The lowest BCUT2D eigenvalue weighted by Crippen LogP contribution is -2.45. The summed E-state index contributed by atoms with van der Waals surface area (Å²) in [5.41, 5.74) is 5.25. The maximum absolute atomic E-state index is 14.9. The Hall–Kier alpha value is -4.39. The van der Waals surface area contributed by atoms with Crippen LogP contribution in [0, 0.1) is 5.82 Å². The summed E-state index contributed by atoms with van der Waals surface area (Å²) in [6.07, 6.45) is 2.24. The number of likely N-dealkylation sites (tertiary alicyclic amines) is 1. The number of piperidine rings is 1. The van der Waals surface area contributed by atoms with Crippen molar-refractivity contribution < 1.29 is 32.9 Å². The van der Waals surface area contributed by atoms with E-state index in [-0.39, 0.29) is 12.0 Å². The highest BCUT2D eigenvalue weighted by atomic mass is 35.5. The lowest BCUT2D eigenvalue weighted by atomic mass is 9.88. The Balaban J connectivity index is 1.04. The molecule has 2 saturated heterocycles. The van der Waals surface area contributed by atoms with Crippen molar-refractivity contribution in [3.05, 3.63) is 88.0 Å². The SMILES string of the molecule is CN(NC(=O)c1ccc2c(c1)nc(CN1CCC(c3cccc4c3OC(C)(c3ccc(Cl)cc3F)O4)CC1)n2C[C@@H]1CCO1)C(=O)OC(C)(C)C. The molecule has 3 aliphatic rings. The second kappa shape index (κ2) is 13.6. The number of hydrogen-bond donors (Lipinski definition) is 1. The number of imidazole rings is 1. The Morgan fingerprint density at radius 2 is 1.86 bits per heavy atom. The molecular formula is C38H43ClFN5O6. The highest BCUT2D eigenvalue weighted by Crippen LogP contribution is 2.50. The van der Waals surface area contributed by atoms with Gasteiger partial charge in [0.15, 0.2) is 11.5 Å². The third-order valence-electron chi connectivity index (χ3n) is 9.63. The molecule has 0 aliphatic carbocycles. The smallest absolute Gasteiger partial charge is 0.428 e.